The van der Waals surface area contributed by atoms with Gasteiger partial charge in [0.25, 0.3) is 0 Å². The maximum absolute atomic E-state index is 10.8. The molecule has 1 unspecified atom stereocenters. The number of rotatable bonds is 3. The first-order chi connectivity index (χ1) is 7.70. The van der Waals surface area contributed by atoms with Crippen LogP contribution in [-0.2, 0) is 4.79 Å². The Hall–Kier alpha value is -2.38. The van der Waals surface area contributed by atoms with Crippen molar-refractivity contribution in [1.82, 2.24) is 30.2 Å². The molecule has 0 aliphatic rings. The molecule has 0 aliphatic heterocycles. The highest BCUT2D eigenvalue weighted by molar-refractivity contribution is 5.72. The third kappa shape index (κ3) is 1.72. The third-order valence-corrected chi connectivity index (χ3v) is 2.01. The summed E-state index contributed by atoms with van der Waals surface area (Å²) in [5.74, 6) is -0.736. The Morgan fingerprint density at radius 3 is 2.94 bits per heavy atom. The molecule has 0 radical (unpaired) electrons. The summed E-state index contributed by atoms with van der Waals surface area (Å²) in [4.78, 5) is 18.7. The molecule has 0 spiro atoms. The molecule has 82 valence electrons. The molecule has 2 rings (SSSR count). The van der Waals surface area contributed by atoms with Crippen LogP contribution in [0.4, 0.5) is 0 Å². The molecule has 0 fully saturated rings. The lowest BCUT2D eigenvalue weighted by atomic mass is 10.3. The molecule has 0 aromatic carbocycles. The molecular formula is C8H8N6O2. The predicted molar refractivity (Wildman–Crippen MR) is 51.2 cm³/mol. The summed E-state index contributed by atoms with van der Waals surface area (Å²) in [5, 5.41) is 19.7. The smallest absolute Gasteiger partial charge is 0.328 e. The van der Waals surface area contributed by atoms with Gasteiger partial charge in [0.2, 0.25) is 5.82 Å². The summed E-state index contributed by atoms with van der Waals surface area (Å²) in [6.07, 6.45) is 4.47. The van der Waals surface area contributed by atoms with E-state index in [4.69, 9.17) is 5.11 Å². The van der Waals surface area contributed by atoms with Gasteiger partial charge in [-0.15, -0.1) is 5.10 Å². The van der Waals surface area contributed by atoms with Gasteiger partial charge in [-0.1, -0.05) is 0 Å². The highest BCUT2D eigenvalue weighted by atomic mass is 16.4. The highest BCUT2D eigenvalue weighted by Gasteiger charge is 2.20. The Morgan fingerprint density at radius 2 is 2.31 bits per heavy atom. The van der Waals surface area contributed by atoms with Crippen molar-refractivity contribution in [1.29, 1.82) is 0 Å². The lowest BCUT2D eigenvalue weighted by molar-refractivity contribution is -0.140. The number of tetrazole rings is 1. The monoisotopic (exact) mass is 220 g/mol. The number of aliphatic carboxylic acids is 1. The van der Waals surface area contributed by atoms with Crippen LogP contribution in [0.5, 0.6) is 0 Å². The van der Waals surface area contributed by atoms with Gasteiger partial charge >= 0.3 is 5.97 Å². The molecule has 2 heterocycles. The molecular weight excluding hydrogens is 212 g/mol. The van der Waals surface area contributed by atoms with Crippen LogP contribution in [0.2, 0.25) is 0 Å². The second-order valence-electron chi connectivity index (χ2n) is 3.05. The first-order valence-electron chi connectivity index (χ1n) is 4.47. The van der Waals surface area contributed by atoms with E-state index in [1.54, 1.807) is 0 Å². The van der Waals surface area contributed by atoms with Crippen molar-refractivity contribution in [3.63, 3.8) is 0 Å². The summed E-state index contributed by atoms with van der Waals surface area (Å²) >= 11 is 0. The van der Waals surface area contributed by atoms with Crippen molar-refractivity contribution in [2.75, 3.05) is 0 Å². The SMILES string of the molecule is CC(C(=O)O)n1nnnc1-c1cnccn1. The number of hydrogen-bond acceptors (Lipinski definition) is 6. The molecule has 8 nitrogen and oxygen atoms in total. The number of carboxylic acid groups (broad SMARTS) is 1. The molecule has 2 aromatic heterocycles. The largest absolute Gasteiger partial charge is 0.480 e. The Kier molecular flexibility index (Phi) is 2.54. The van der Waals surface area contributed by atoms with Gasteiger partial charge in [0.05, 0.1) is 6.20 Å². The van der Waals surface area contributed by atoms with E-state index in [1.165, 1.54) is 30.2 Å². The van der Waals surface area contributed by atoms with Gasteiger partial charge in [0.1, 0.15) is 5.69 Å². The van der Waals surface area contributed by atoms with Gasteiger partial charge in [-0.2, -0.15) is 0 Å². The number of carbonyl (C=O) groups is 1. The molecule has 8 heteroatoms. The molecule has 0 bridgehead atoms. The summed E-state index contributed by atoms with van der Waals surface area (Å²) in [6, 6.07) is -0.855. The van der Waals surface area contributed by atoms with Crippen LogP contribution >= 0.6 is 0 Å². The van der Waals surface area contributed by atoms with Crippen LogP contribution in [0.1, 0.15) is 13.0 Å². The molecule has 0 amide bonds. The number of carboxylic acids is 1. The molecule has 1 N–H and O–H groups in total. The zero-order valence-corrected chi connectivity index (χ0v) is 8.35. The normalized spacial score (nSPS) is 12.3. The van der Waals surface area contributed by atoms with E-state index in [-0.39, 0.29) is 5.82 Å². The van der Waals surface area contributed by atoms with E-state index in [2.05, 4.69) is 25.5 Å². The Bertz CT molecular complexity index is 496. The number of hydrogen-bond donors (Lipinski definition) is 1. The van der Waals surface area contributed by atoms with E-state index in [0.29, 0.717) is 5.69 Å². The van der Waals surface area contributed by atoms with Crippen molar-refractivity contribution in [2.45, 2.75) is 13.0 Å². The maximum Gasteiger partial charge on any atom is 0.328 e. The summed E-state index contributed by atoms with van der Waals surface area (Å²) in [6.45, 7) is 1.48. The zero-order valence-electron chi connectivity index (χ0n) is 8.35. The van der Waals surface area contributed by atoms with Crippen LogP contribution in [-0.4, -0.2) is 41.3 Å². The van der Waals surface area contributed by atoms with Crippen molar-refractivity contribution < 1.29 is 9.90 Å². The third-order valence-electron chi connectivity index (χ3n) is 2.01. The first kappa shape index (κ1) is 10.1. The molecule has 0 aliphatic carbocycles. The molecule has 2 aromatic rings. The lowest BCUT2D eigenvalue weighted by Crippen LogP contribution is -2.18. The van der Waals surface area contributed by atoms with Crippen molar-refractivity contribution in [3.05, 3.63) is 18.6 Å². The molecule has 16 heavy (non-hydrogen) atoms. The quantitative estimate of drug-likeness (QED) is 0.761. The average molecular weight is 220 g/mol. The van der Waals surface area contributed by atoms with Gasteiger partial charge < -0.3 is 5.11 Å². The number of aromatic nitrogens is 6. The van der Waals surface area contributed by atoms with Crippen molar-refractivity contribution in [2.24, 2.45) is 0 Å². The van der Waals surface area contributed by atoms with E-state index >= 15 is 0 Å². The zero-order chi connectivity index (χ0) is 11.5. The van der Waals surface area contributed by atoms with E-state index in [1.807, 2.05) is 0 Å². The Morgan fingerprint density at radius 1 is 1.50 bits per heavy atom. The van der Waals surface area contributed by atoms with E-state index < -0.39 is 12.0 Å². The lowest BCUT2D eigenvalue weighted by Gasteiger charge is -2.07. The summed E-state index contributed by atoms with van der Waals surface area (Å²) in [7, 11) is 0. The van der Waals surface area contributed by atoms with Crippen LogP contribution in [0, 0.1) is 0 Å². The molecule has 1 atom stereocenters. The standard InChI is InChI=1S/C8H8N6O2/c1-5(8(15)16)14-7(11-12-13-14)6-4-9-2-3-10-6/h2-5H,1H3,(H,15,16). The van der Waals surface area contributed by atoms with Gasteiger partial charge in [0.15, 0.2) is 6.04 Å². The Balaban J connectivity index is 2.44. The fraction of sp³-hybridized carbons (Fsp3) is 0.250. The average Bonchev–Trinajstić information content (AvgIpc) is 2.77. The number of nitrogens with zero attached hydrogens (tertiary/aromatic N) is 6. The minimum atomic E-state index is -1.02. The maximum atomic E-state index is 10.8. The van der Waals surface area contributed by atoms with Crippen LogP contribution < -0.4 is 0 Å². The Labute approximate surface area is 90.0 Å². The van der Waals surface area contributed by atoms with E-state index in [9.17, 15) is 4.79 Å². The van der Waals surface area contributed by atoms with Crippen LogP contribution in [0.25, 0.3) is 11.5 Å². The minimum absolute atomic E-state index is 0.281. The fourth-order valence-corrected chi connectivity index (χ4v) is 1.14. The first-order valence-corrected chi connectivity index (χ1v) is 4.47. The van der Waals surface area contributed by atoms with Gasteiger partial charge in [-0.05, 0) is 17.4 Å². The van der Waals surface area contributed by atoms with Gasteiger partial charge in [0, 0.05) is 12.4 Å². The molecule has 0 saturated heterocycles. The van der Waals surface area contributed by atoms with Gasteiger partial charge in [-0.25, -0.2) is 14.5 Å². The van der Waals surface area contributed by atoms with Crippen molar-refractivity contribution >= 4 is 5.97 Å². The van der Waals surface area contributed by atoms with E-state index in [0.717, 1.165) is 0 Å². The second-order valence-corrected chi connectivity index (χ2v) is 3.05. The van der Waals surface area contributed by atoms with Crippen molar-refractivity contribution in [3.8, 4) is 11.5 Å². The van der Waals surface area contributed by atoms with Crippen LogP contribution in [0.3, 0.4) is 0 Å². The van der Waals surface area contributed by atoms with Gasteiger partial charge in [-0.3, -0.25) is 4.98 Å². The topological polar surface area (TPSA) is 107 Å². The fourth-order valence-electron chi connectivity index (χ4n) is 1.14. The molecule has 0 saturated carbocycles. The minimum Gasteiger partial charge on any atom is -0.480 e. The highest BCUT2D eigenvalue weighted by Crippen LogP contribution is 2.15. The predicted octanol–water partition coefficient (Wildman–Crippen LogP) is -0.224. The summed E-state index contributed by atoms with van der Waals surface area (Å²) in [5.41, 5.74) is 0.431. The summed E-state index contributed by atoms with van der Waals surface area (Å²) < 4.78 is 1.19. The second kappa shape index (κ2) is 4.01. The van der Waals surface area contributed by atoms with Crippen LogP contribution in [0.15, 0.2) is 18.6 Å².